The fraction of sp³-hybridized carbons (Fsp3) is 1.00. The molecule has 0 aliphatic heterocycles. The summed E-state index contributed by atoms with van der Waals surface area (Å²) in [6.07, 6.45) is -11.1. The predicted octanol–water partition coefficient (Wildman–Crippen LogP) is 2.16. The summed E-state index contributed by atoms with van der Waals surface area (Å²) in [5.74, 6) is 0. The van der Waals surface area contributed by atoms with E-state index in [4.69, 9.17) is 0 Å². The van der Waals surface area contributed by atoms with Crippen molar-refractivity contribution < 1.29 is 44.5 Å². The van der Waals surface area contributed by atoms with E-state index in [0.717, 1.165) is 14.8 Å². The summed E-state index contributed by atoms with van der Waals surface area (Å²) in [4.78, 5) is 0. The largest absolute Gasteiger partial charge is 0.531 e. The van der Waals surface area contributed by atoms with Crippen LogP contribution in [0.25, 0.3) is 0 Å². The summed E-state index contributed by atoms with van der Waals surface area (Å²) in [5.41, 5.74) is 0. The second-order valence-corrected chi connectivity index (χ2v) is 4.15. The highest BCUT2D eigenvalue weighted by Crippen LogP contribution is 2.57. The zero-order valence-electron chi connectivity index (χ0n) is 7.93. The van der Waals surface area contributed by atoms with Crippen molar-refractivity contribution in [1.29, 1.82) is 0 Å². The number of rotatable bonds is 4. The van der Waals surface area contributed by atoms with E-state index in [9.17, 15) is 30.9 Å². The highest BCUT2D eigenvalue weighted by molar-refractivity contribution is 7.48. The van der Waals surface area contributed by atoms with Crippen LogP contribution in [0.5, 0.6) is 0 Å². The molecule has 0 aromatic heterocycles. The lowest BCUT2D eigenvalue weighted by molar-refractivity contribution is -0.315. The zero-order chi connectivity index (χ0) is 13.2. The minimum absolute atomic E-state index is 1.06. The van der Waals surface area contributed by atoms with E-state index in [1.807, 2.05) is 0 Å². The molecule has 0 heterocycles. The molecule has 0 aromatic rings. The first kappa shape index (κ1) is 15.8. The van der Waals surface area contributed by atoms with E-state index in [1.165, 1.54) is 0 Å². The van der Waals surface area contributed by atoms with Crippen LogP contribution in [0.3, 0.4) is 0 Å². The summed E-state index contributed by atoms with van der Waals surface area (Å²) in [6.45, 7) is 1.06. The molecule has 0 N–H and O–H groups in total. The van der Waals surface area contributed by atoms with Crippen molar-refractivity contribution in [3.63, 3.8) is 0 Å². The number of phosphoric ester groups is 1. The SMILES string of the molecule is BC(C)OP(=O)(OC(F)(F)F)OC(F)(F)F. The van der Waals surface area contributed by atoms with Gasteiger partial charge in [0.2, 0.25) is 0 Å². The highest BCUT2D eigenvalue weighted by Gasteiger charge is 2.50. The molecule has 12 heteroatoms. The van der Waals surface area contributed by atoms with Crippen LogP contribution in [0.4, 0.5) is 26.3 Å². The molecule has 0 aliphatic rings. The van der Waals surface area contributed by atoms with Gasteiger partial charge in [-0.2, -0.15) is 9.05 Å². The number of halogens is 6. The van der Waals surface area contributed by atoms with Crippen molar-refractivity contribution in [2.75, 3.05) is 0 Å². The van der Waals surface area contributed by atoms with Gasteiger partial charge in [0.05, 0.1) is 0 Å². The fourth-order valence-corrected chi connectivity index (χ4v) is 1.72. The van der Waals surface area contributed by atoms with Gasteiger partial charge < -0.3 is 0 Å². The average Bonchev–Trinajstić information content (AvgIpc) is 1.69. The Labute approximate surface area is 86.9 Å². The normalized spacial score (nSPS) is 16.2. The van der Waals surface area contributed by atoms with E-state index < -0.39 is 26.6 Å². The first-order valence-electron chi connectivity index (χ1n) is 3.66. The Morgan fingerprint density at radius 1 is 1.06 bits per heavy atom. The zero-order valence-corrected chi connectivity index (χ0v) is 8.82. The summed E-state index contributed by atoms with van der Waals surface area (Å²) < 4.78 is 90.1. The van der Waals surface area contributed by atoms with E-state index in [1.54, 1.807) is 0 Å². The molecular formula is C4H6BF6O4P. The Morgan fingerprint density at radius 3 is 1.56 bits per heavy atom. The van der Waals surface area contributed by atoms with Gasteiger partial charge in [-0.3, -0.25) is 4.52 Å². The molecule has 1 atom stereocenters. The Bertz CT molecular complexity index is 255. The molecule has 16 heavy (non-hydrogen) atoms. The van der Waals surface area contributed by atoms with Gasteiger partial charge in [-0.1, -0.05) is 0 Å². The second-order valence-electron chi connectivity index (χ2n) is 2.68. The summed E-state index contributed by atoms with van der Waals surface area (Å²) in [5, 5.41) is 0. The van der Waals surface area contributed by atoms with Gasteiger partial charge in [-0.25, -0.2) is 4.57 Å². The molecule has 96 valence electrons. The van der Waals surface area contributed by atoms with Gasteiger partial charge >= 0.3 is 20.5 Å². The third-order valence-corrected chi connectivity index (χ3v) is 2.31. The highest BCUT2D eigenvalue weighted by atomic mass is 31.2. The lowest BCUT2D eigenvalue weighted by Crippen LogP contribution is -2.21. The number of phosphoric acid groups is 1. The van der Waals surface area contributed by atoms with Crippen LogP contribution in [-0.4, -0.2) is 26.6 Å². The first-order valence-corrected chi connectivity index (χ1v) is 5.12. The third kappa shape index (κ3) is 7.97. The number of hydrogen-bond acceptors (Lipinski definition) is 4. The quantitative estimate of drug-likeness (QED) is 0.447. The van der Waals surface area contributed by atoms with Crippen molar-refractivity contribution in [3.8, 4) is 0 Å². The van der Waals surface area contributed by atoms with Gasteiger partial charge in [0.25, 0.3) is 0 Å². The molecular weight excluding hydrogens is 268 g/mol. The molecule has 4 nitrogen and oxygen atoms in total. The van der Waals surface area contributed by atoms with Gasteiger partial charge in [-0.15, -0.1) is 26.3 Å². The molecule has 0 aliphatic carbocycles. The smallest absolute Gasteiger partial charge is 0.293 e. The van der Waals surface area contributed by atoms with Crippen molar-refractivity contribution in [2.45, 2.75) is 25.7 Å². The minimum atomic E-state index is -5.77. The van der Waals surface area contributed by atoms with Crippen LogP contribution < -0.4 is 0 Å². The van der Waals surface area contributed by atoms with Crippen molar-refractivity contribution >= 4 is 15.7 Å². The van der Waals surface area contributed by atoms with Crippen LogP contribution in [0, 0.1) is 0 Å². The predicted molar refractivity (Wildman–Crippen MR) is 41.0 cm³/mol. The fourth-order valence-electron chi connectivity index (χ4n) is 0.573. The summed E-state index contributed by atoms with van der Waals surface area (Å²) in [7, 11) is -4.71. The summed E-state index contributed by atoms with van der Waals surface area (Å²) in [6, 6.07) is -1.21. The lowest BCUT2D eigenvalue weighted by atomic mass is 10.0. The molecule has 0 amide bonds. The van der Waals surface area contributed by atoms with Gasteiger partial charge in [0, 0.05) is 6.00 Å². The molecule has 0 fully saturated rings. The maximum atomic E-state index is 11.7. The van der Waals surface area contributed by atoms with Crippen LogP contribution in [0.1, 0.15) is 6.92 Å². The molecule has 1 unspecified atom stereocenters. The van der Waals surface area contributed by atoms with Crippen molar-refractivity contribution in [2.24, 2.45) is 0 Å². The van der Waals surface area contributed by atoms with Gasteiger partial charge in [-0.05, 0) is 6.92 Å². The molecule has 0 saturated heterocycles. The first-order chi connectivity index (χ1) is 6.83. The lowest BCUT2D eigenvalue weighted by Gasteiger charge is -2.21. The van der Waals surface area contributed by atoms with E-state index >= 15 is 0 Å². The maximum absolute atomic E-state index is 11.7. The van der Waals surface area contributed by atoms with Crippen LogP contribution >= 0.6 is 7.82 Å². The van der Waals surface area contributed by atoms with Crippen LogP contribution in [0.15, 0.2) is 0 Å². The molecule has 0 aromatic carbocycles. The number of alkyl halides is 6. The Morgan fingerprint density at radius 2 is 1.38 bits per heavy atom. The van der Waals surface area contributed by atoms with Crippen LogP contribution in [-0.2, 0) is 18.1 Å². The minimum Gasteiger partial charge on any atom is -0.293 e. The summed E-state index contributed by atoms with van der Waals surface area (Å²) >= 11 is 0. The standard InChI is InChI=1S/C4H6BF6O4P/c1-2(5)13-16(12,14-3(6,7)8)15-4(9,10)11/h2H,5H2,1H3. The molecule has 0 saturated carbocycles. The molecule has 0 spiro atoms. The molecule has 0 radical (unpaired) electrons. The number of hydrogen-bond donors (Lipinski definition) is 0. The Kier molecular flexibility index (Phi) is 4.87. The van der Waals surface area contributed by atoms with Crippen molar-refractivity contribution in [1.82, 2.24) is 0 Å². The Hall–Kier alpha value is -0.245. The van der Waals surface area contributed by atoms with E-state index in [2.05, 4.69) is 13.6 Å². The second kappa shape index (κ2) is 4.95. The molecule has 0 bridgehead atoms. The monoisotopic (exact) mass is 274 g/mol. The topological polar surface area (TPSA) is 44.8 Å². The van der Waals surface area contributed by atoms with E-state index in [0.29, 0.717) is 0 Å². The van der Waals surface area contributed by atoms with E-state index in [-0.39, 0.29) is 0 Å². The van der Waals surface area contributed by atoms with Gasteiger partial charge in [0.15, 0.2) is 0 Å². The third-order valence-electron chi connectivity index (χ3n) is 0.771. The van der Waals surface area contributed by atoms with Crippen molar-refractivity contribution in [3.05, 3.63) is 0 Å². The van der Waals surface area contributed by atoms with Crippen LogP contribution in [0.2, 0.25) is 0 Å². The Balaban J connectivity index is 4.83. The van der Waals surface area contributed by atoms with Gasteiger partial charge in [0.1, 0.15) is 7.85 Å². The molecule has 0 rings (SSSR count). The maximum Gasteiger partial charge on any atom is 0.531 e. The average molecular weight is 274 g/mol.